The number of hydrogen-bond donors (Lipinski definition) is 1. The van der Waals surface area contributed by atoms with Gasteiger partial charge in [-0.2, -0.15) is 5.26 Å². The van der Waals surface area contributed by atoms with Crippen molar-refractivity contribution in [1.82, 2.24) is 4.98 Å². The number of aromatic amines is 1. The fraction of sp³-hybridized carbons (Fsp3) is 0.200. The highest BCUT2D eigenvalue weighted by atomic mass is 16.1. The molecule has 0 saturated heterocycles. The molecule has 90 valence electrons. The fourth-order valence-corrected chi connectivity index (χ4v) is 1.92. The van der Waals surface area contributed by atoms with E-state index in [9.17, 15) is 4.79 Å². The second kappa shape index (κ2) is 4.89. The topological polar surface area (TPSA) is 56.6 Å². The van der Waals surface area contributed by atoms with E-state index >= 15 is 0 Å². The van der Waals surface area contributed by atoms with Crippen molar-refractivity contribution in [1.29, 1.82) is 5.26 Å². The minimum Gasteiger partial charge on any atom is -0.321 e. The molecular weight excluding hydrogens is 224 g/mol. The normalized spacial score (nSPS) is 10.1. The highest BCUT2D eigenvalue weighted by molar-refractivity contribution is 5.63. The number of pyridine rings is 1. The van der Waals surface area contributed by atoms with Crippen LogP contribution in [0.5, 0.6) is 0 Å². The number of aryl methyl sites for hydroxylation is 2. The lowest BCUT2D eigenvalue weighted by atomic mass is 10.0. The molecule has 0 atom stereocenters. The molecule has 0 bridgehead atoms. The molecule has 18 heavy (non-hydrogen) atoms. The van der Waals surface area contributed by atoms with Crippen LogP contribution in [0.1, 0.15) is 23.6 Å². The van der Waals surface area contributed by atoms with Crippen LogP contribution >= 0.6 is 0 Å². The molecule has 3 nitrogen and oxygen atoms in total. The van der Waals surface area contributed by atoms with Gasteiger partial charge in [0.1, 0.15) is 11.6 Å². The maximum atomic E-state index is 11.6. The molecule has 0 unspecified atom stereocenters. The summed E-state index contributed by atoms with van der Waals surface area (Å²) in [6.45, 7) is 3.99. The minimum atomic E-state index is -0.335. The van der Waals surface area contributed by atoms with Crippen molar-refractivity contribution < 1.29 is 0 Å². The minimum absolute atomic E-state index is 0.154. The number of rotatable bonds is 2. The van der Waals surface area contributed by atoms with Crippen molar-refractivity contribution in [3.05, 3.63) is 57.4 Å². The number of aromatic nitrogens is 1. The SMILES string of the molecule is CCc1ccc(-c2[nH]c(=O)c(C#N)cc2C)cc1. The van der Waals surface area contributed by atoms with Crippen LogP contribution in [0.4, 0.5) is 0 Å². The summed E-state index contributed by atoms with van der Waals surface area (Å²) >= 11 is 0. The number of benzene rings is 1. The van der Waals surface area contributed by atoms with E-state index < -0.39 is 0 Å². The Morgan fingerprint density at radius 1 is 1.28 bits per heavy atom. The Kier molecular flexibility index (Phi) is 3.29. The van der Waals surface area contributed by atoms with Crippen LogP contribution in [-0.4, -0.2) is 4.98 Å². The number of nitrogens with zero attached hydrogens (tertiary/aromatic N) is 1. The molecule has 2 rings (SSSR count). The van der Waals surface area contributed by atoms with Crippen molar-refractivity contribution in [2.45, 2.75) is 20.3 Å². The maximum absolute atomic E-state index is 11.6. The fourth-order valence-electron chi connectivity index (χ4n) is 1.92. The molecule has 0 aliphatic heterocycles. The van der Waals surface area contributed by atoms with Crippen LogP contribution in [0.3, 0.4) is 0 Å². The van der Waals surface area contributed by atoms with Gasteiger partial charge in [0.15, 0.2) is 0 Å². The Labute approximate surface area is 106 Å². The summed E-state index contributed by atoms with van der Waals surface area (Å²) < 4.78 is 0. The Hall–Kier alpha value is -2.34. The molecule has 0 spiro atoms. The van der Waals surface area contributed by atoms with Gasteiger partial charge in [-0.1, -0.05) is 31.2 Å². The summed E-state index contributed by atoms with van der Waals surface area (Å²) in [5, 5.41) is 8.80. The van der Waals surface area contributed by atoms with Crippen LogP contribution in [-0.2, 0) is 6.42 Å². The zero-order chi connectivity index (χ0) is 13.1. The van der Waals surface area contributed by atoms with Gasteiger partial charge < -0.3 is 4.98 Å². The van der Waals surface area contributed by atoms with Crippen molar-refractivity contribution in [2.24, 2.45) is 0 Å². The van der Waals surface area contributed by atoms with Gasteiger partial charge in [0, 0.05) is 0 Å². The predicted molar refractivity (Wildman–Crippen MR) is 71.3 cm³/mol. The van der Waals surface area contributed by atoms with Gasteiger partial charge in [0.2, 0.25) is 0 Å². The summed E-state index contributed by atoms with van der Waals surface area (Å²) in [7, 11) is 0. The van der Waals surface area contributed by atoms with Gasteiger partial charge in [-0.3, -0.25) is 4.79 Å². The van der Waals surface area contributed by atoms with Gasteiger partial charge >= 0.3 is 0 Å². The van der Waals surface area contributed by atoms with Crippen molar-refractivity contribution in [2.75, 3.05) is 0 Å². The molecule has 1 aromatic heterocycles. The van der Waals surface area contributed by atoms with E-state index in [4.69, 9.17) is 5.26 Å². The second-order valence-electron chi connectivity index (χ2n) is 4.23. The molecule has 0 saturated carbocycles. The summed E-state index contributed by atoms with van der Waals surface area (Å²) in [5.74, 6) is 0. The third kappa shape index (κ3) is 2.18. The van der Waals surface area contributed by atoms with Crippen LogP contribution in [0, 0.1) is 18.3 Å². The molecule has 3 heteroatoms. The van der Waals surface area contributed by atoms with E-state index in [1.807, 2.05) is 37.3 Å². The first-order valence-corrected chi connectivity index (χ1v) is 5.89. The van der Waals surface area contributed by atoms with Crippen LogP contribution in [0.2, 0.25) is 0 Å². The van der Waals surface area contributed by atoms with E-state index in [0.717, 1.165) is 23.2 Å². The number of hydrogen-bond acceptors (Lipinski definition) is 2. The van der Waals surface area contributed by atoms with E-state index in [-0.39, 0.29) is 11.1 Å². The lowest BCUT2D eigenvalue weighted by Gasteiger charge is -2.07. The first-order chi connectivity index (χ1) is 8.65. The quantitative estimate of drug-likeness (QED) is 0.874. The molecule has 1 heterocycles. The number of nitriles is 1. The highest BCUT2D eigenvalue weighted by Gasteiger charge is 2.07. The second-order valence-corrected chi connectivity index (χ2v) is 4.23. The Balaban J connectivity index is 2.54. The molecule has 1 N–H and O–H groups in total. The lowest BCUT2D eigenvalue weighted by Crippen LogP contribution is -2.11. The van der Waals surface area contributed by atoms with Gasteiger partial charge in [-0.25, -0.2) is 0 Å². The Morgan fingerprint density at radius 2 is 1.94 bits per heavy atom. The Bertz CT molecular complexity index is 660. The lowest BCUT2D eigenvalue weighted by molar-refractivity contribution is 1.14. The maximum Gasteiger partial charge on any atom is 0.266 e. The monoisotopic (exact) mass is 238 g/mol. The van der Waals surface area contributed by atoms with Crippen LogP contribution < -0.4 is 5.56 Å². The summed E-state index contributed by atoms with van der Waals surface area (Å²) in [6.07, 6.45) is 0.989. The Morgan fingerprint density at radius 3 is 2.50 bits per heavy atom. The molecule has 0 aliphatic carbocycles. The van der Waals surface area contributed by atoms with E-state index in [0.29, 0.717) is 0 Å². The third-order valence-electron chi connectivity index (χ3n) is 3.01. The zero-order valence-electron chi connectivity index (χ0n) is 10.4. The van der Waals surface area contributed by atoms with Gasteiger partial charge in [-0.15, -0.1) is 0 Å². The third-order valence-corrected chi connectivity index (χ3v) is 3.01. The van der Waals surface area contributed by atoms with E-state index in [2.05, 4.69) is 11.9 Å². The largest absolute Gasteiger partial charge is 0.321 e. The standard InChI is InChI=1S/C15H14N2O/c1-3-11-4-6-12(7-5-11)14-10(2)8-13(9-16)15(18)17-14/h4-8H,3H2,1-2H3,(H,17,18). The number of nitrogens with one attached hydrogen (secondary N) is 1. The number of H-pyrrole nitrogens is 1. The van der Waals surface area contributed by atoms with E-state index in [1.165, 1.54) is 5.56 Å². The van der Waals surface area contributed by atoms with E-state index in [1.54, 1.807) is 6.07 Å². The van der Waals surface area contributed by atoms with Crippen molar-refractivity contribution in [3.63, 3.8) is 0 Å². The summed E-state index contributed by atoms with van der Waals surface area (Å²) in [5.41, 5.74) is 3.72. The average molecular weight is 238 g/mol. The highest BCUT2D eigenvalue weighted by Crippen LogP contribution is 2.20. The van der Waals surface area contributed by atoms with Crippen LogP contribution in [0.25, 0.3) is 11.3 Å². The zero-order valence-corrected chi connectivity index (χ0v) is 10.4. The summed E-state index contributed by atoms with van der Waals surface area (Å²) in [4.78, 5) is 14.4. The van der Waals surface area contributed by atoms with Gasteiger partial charge in [-0.05, 0) is 36.1 Å². The molecule has 0 amide bonds. The first kappa shape index (κ1) is 12.1. The summed E-state index contributed by atoms with van der Waals surface area (Å²) in [6, 6.07) is 11.6. The van der Waals surface area contributed by atoms with Gasteiger partial charge in [0.25, 0.3) is 5.56 Å². The molecule has 1 aromatic carbocycles. The van der Waals surface area contributed by atoms with Gasteiger partial charge in [0.05, 0.1) is 5.69 Å². The molecular formula is C15H14N2O. The average Bonchev–Trinajstić information content (AvgIpc) is 2.41. The molecule has 0 radical (unpaired) electrons. The van der Waals surface area contributed by atoms with Crippen LogP contribution in [0.15, 0.2) is 35.1 Å². The molecule has 0 aliphatic rings. The smallest absolute Gasteiger partial charge is 0.266 e. The van der Waals surface area contributed by atoms with Crippen molar-refractivity contribution in [3.8, 4) is 17.3 Å². The molecule has 2 aromatic rings. The molecule has 0 fully saturated rings. The predicted octanol–water partition coefficient (Wildman–Crippen LogP) is 2.78. The first-order valence-electron chi connectivity index (χ1n) is 5.89. The van der Waals surface area contributed by atoms with Crippen molar-refractivity contribution >= 4 is 0 Å².